The van der Waals surface area contributed by atoms with Crippen molar-refractivity contribution in [3.8, 4) is 5.75 Å². The molecule has 1 aromatic carbocycles. The van der Waals surface area contributed by atoms with Crippen LogP contribution in [0.1, 0.15) is 30.5 Å². The van der Waals surface area contributed by atoms with Gasteiger partial charge in [-0.3, -0.25) is 0 Å². The van der Waals surface area contributed by atoms with Gasteiger partial charge in [0.05, 0.1) is 12.5 Å². The van der Waals surface area contributed by atoms with Gasteiger partial charge in [-0.2, -0.15) is 8.78 Å². The largest absolute Gasteiger partial charge is 0.472 e. The topological polar surface area (TPSA) is 34.4 Å². The van der Waals surface area contributed by atoms with E-state index < -0.39 is 6.61 Å². The first-order chi connectivity index (χ1) is 10.2. The van der Waals surface area contributed by atoms with E-state index >= 15 is 0 Å². The van der Waals surface area contributed by atoms with E-state index in [9.17, 15) is 8.78 Å². The van der Waals surface area contributed by atoms with E-state index in [0.717, 1.165) is 24.1 Å². The van der Waals surface area contributed by atoms with Crippen LogP contribution in [0.5, 0.6) is 5.75 Å². The first-order valence-corrected chi connectivity index (χ1v) is 6.99. The van der Waals surface area contributed by atoms with E-state index in [1.807, 2.05) is 18.2 Å². The van der Waals surface area contributed by atoms with Crippen molar-refractivity contribution in [2.75, 3.05) is 6.54 Å². The lowest BCUT2D eigenvalue weighted by Gasteiger charge is -2.21. The Hall–Kier alpha value is -1.88. The first-order valence-electron chi connectivity index (χ1n) is 6.99. The average Bonchev–Trinajstić information content (AvgIpc) is 2.96. The molecule has 1 unspecified atom stereocenters. The van der Waals surface area contributed by atoms with Crippen molar-refractivity contribution in [2.45, 2.75) is 32.4 Å². The SMILES string of the molecule is CCCNC(Cc1ccoc1)c1ccccc1OC(F)F. The first kappa shape index (κ1) is 15.5. The molecule has 0 amide bonds. The summed E-state index contributed by atoms with van der Waals surface area (Å²) in [6.45, 7) is 0.0292. The standard InChI is InChI=1S/C16H19F2NO2/c1-2-8-19-14(10-12-7-9-20-11-12)13-5-3-4-6-15(13)21-16(17)18/h3-7,9,11,14,16,19H,2,8,10H2,1H3. The van der Waals surface area contributed by atoms with Crippen LogP contribution in [0.15, 0.2) is 47.3 Å². The van der Waals surface area contributed by atoms with Crippen LogP contribution in [0.2, 0.25) is 0 Å². The van der Waals surface area contributed by atoms with Crippen molar-refractivity contribution in [2.24, 2.45) is 0 Å². The summed E-state index contributed by atoms with van der Waals surface area (Å²) >= 11 is 0. The molecule has 3 nitrogen and oxygen atoms in total. The minimum Gasteiger partial charge on any atom is -0.472 e. The van der Waals surface area contributed by atoms with Crippen molar-refractivity contribution in [3.63, 3.8) is 0 Å². The Morgan fingerprint density at radius 3 is 2.71 bits per heavy atom. The second-order valence-electron chi connectivity index (χ2n) is 4.76. The van der Waals surface area contributed by atoms with Crippen LogP contribution in [0, 0.1) is 0 Å². The summed E-state index contributed by atoms with van der Waals surface area (Å²) in [6, 6.07) is 8.66. The van der Waals surface area contributed by atoms with Crippen molar-refractivity contribution in [1.29, 1.82) is 0 Å². The average molecular weight is 295 g/mol. The van der Waals surface area contributed by atoms with E-state index in [-0.39, 0.29) is 11.8 Å². The molecule has 1 heterocycles. The summed E-state index contributed by atoms with van der Waals surface area (Å²) < 4.78 is 34.8. The van der Waals surface area contributed by atoms with Crippen LogP contribution < -0.4 is 10.1 Å². The Kier molecular flexibility index (Phi) is 5.75. The molecule has 1 atom stereocenters. The highest BCUT2D eigenvalue weighted by atomic mass is 19.3. The number of nitrogens with one attached hydrogen (secondary N) is 1. The predicted octanol–water partition coefficient (Wildman–Crippen LogP) is 4.16. The second-order valence-corrected chi connectivity index (χ2v) is 4.76. The molecule has 0 aliphatic carbocycles. The van der Waals surface area contributed by atoms with E-state index in [4.69, 9.17) is 4.42 Å². The van der Waals surface area contributed by atoms with E-state index in [1.54, 1.807) is 24.7 Å². The van der Waals surface area contributed by atoms with Gasteiger partial charge in [-0.1, -0.05) is 25.1 Å². The lowest BCUT2D eigenvalue weighted by molar-refractivity contribution is -0.0507. The number of furan rings is 1. The number of hydrogen-bond donors (Lipinski definition) is 1. The van der Waals surface area contributed by atoms with Crippen molar-refractivity contribution < 1.29 is 17.9 Å². The van der Waals surface area contributed by atoms with Gasteiger partial charge in [0, 0.05) is 11.6 Å². The maximum atomic E-state index is 12.5. The fraction of sp³-hybridized carbons (Fsp3) is 0.375. The molecule has 2 aromatic rings. The Morgan fingerprint density at radius 2 is 2.05 bits per heavy atom. The number of hydrogen-bond acceptors (Lipinski definition) is 3. The Morgan fingerprint density at radius 1 is 1.24 bits per heavy atom. The highest BCUT2D eigenvalue weighted by Crippen LogP contribution is 2.29. The molecule has 0 spiro atoms. The van der Waals surface area contributed by atoms with E-state index in [2.05, 4.69) is 17.0 Å². The molecular formula is C16H19F2NO2. The minimum absolute atomic E-state index is 0.0995. The minimum atomic E-state index is -2.83. The van der Waals surface area contributed by atoms with Crippen molar-refractivity contribution in [3.05, 3.63) is 54.0 Å². The van der Waals surface area contributed by atoms with Crippen LogP contribution in [0.25, 0.3) is 0 Å². The molecule has 0 radical (unpaired) electrons. The summed E-state index contributed by atoms with van der Waals surface area (Å²) in [4.78, 5) is 0. The molecule has 114 valence electrons. The number of halogens is 2. The van der Waals surface area contributed by atoms with Crippen molar-refractivity contribution >= 4 is 0 Å². The number of para-hydroxylation sites is 1. The van der Waals surface area contributed by atoms with Gasteiger partial charge in [-0.15, -0.1) is 0 Å². The molecule has 0 saturated heterocycles. The molecule has 2 rings (SSSR count). The zero-order chi connectivity index (χ0) is 15.1. The maximum Gasteiger partial charge on any atom is 0.387 e. The summed E-state index contributed by atoms with van der Waals surface area (Å²) in [5, 5.41) is 3.37. The van der Waals surface area contributed by atoms with Gasteiger partial charge in [-0.05, 0) is 37.1 Å². The molecule has 0 fully saturated rings. The number of rotatable bonds is 8. The van der Waals surface area contributed by atoms with Crippen LogP contribution in [0.3, 0.4) is 0 Å². The van der Waals surface area contributed by atoms with E-state index in [0.29, 0.717) is 6.42 Å². The van der Waals surface area contributed by atoms with Crippen LogP contribution in [-0.4, -0.2) is 13.2 Å². The van der Waals surface area contributed by atoms with Gasteiger partial charge < -0.3 is 14.5 Å². The van der Waals surface area contributed by atoms with Gasteiger partial charge in [0.15, 0.2) is 0 Å². The fourth-order valence-electron chi connectivity index (χ4n) is 2.23. The molecule has 0 aliphatic rings. The third-order valence-electron chi connectivity index (χ3n) is 3.17. The van der Waals surface area contributed by atoms with Gasteiger partial charge in [0.2, 0.25) is 0 Å². The highest BCUT2D eigenvalue weighted by molar-refractivity contribution is 5.37. The van der Waals surface area contributed by atoms with Gasteiger partial charge in [0.25, 0.3) is 0 Å². The quantitative estimate of drug-likeness (QED) is 0.794. The number of benzene rings is 1. The molecular weight excluding hydrogens is 276 g/mol. The summed E-state index contributed by atoms with van der Waals surface area (Å²) in [6.07, 6.45) is 4.88. The Labute approximate surface area is 122 Å². The van der Waals surface area contributed by atoms with Gasteiger partial charge in [-0.25, -0.2) is 0 Å². The van der Waals surface area contributed by atoms with Gasteiger partial charge in [0.1, 0.15) is 5.75 Å². The zero-order valence-electron chi connectivity index (χ0n) is 11.9. The highest BCUT2D eigenvalue weighted by Gasteiger charge is 2.18. The zero-order valence-corrected chi connectivity index (χ0v) is 11.9. The molecule has 21 heavy (non-hydrogen) atoms. The molecule has 0 aliphatic heterocycles. The summed E-state index contributed by atoms with van der Waals surface area (Å²) in [7, 11) is 0. The summed E-state index contributed by atoms with van der Waals surface area (Å²) in [5.41, 5.74) is 1.74. The van der Waals surface area contributed by atoms with E-state index in [1.165, 1.54) is 0 Å². The van der Waals surface area contributed by atoms with Gasteiger partial charge >= 0.3 is 6.61 Å². The lowest BCUT2D eigenvalue weighted by Crippen LogP contribution is -2.24. The Bertz CT molecular complexity index is 529. The molecule has 5 heteroatoms. The van der Waals surface area contributed by atoms with Crippen LogP contribution in [-0.2, 0) is 6.42 Å². The monoisotopic (exact) mass is 295 g/mol. The normalized spacial score (nSPS) is 12.6. The maximum absolute atomic E-state index is 12.5. The lowest BCUT2D eigenvalue weighted by atomic mass is 9.99. The smallest absolute Gasteiger partial charge is 0.387 e. The molecule has 0 bridgehead atoms. The predicted molar refractivity (Wildman–Crippen MR) is 76.5 cm³/mol. The molecule has 0 saturated carbocycles. The fourth-order valence-corrected chi connectivity index (χ4v) is 2.23. The third-order valence-corrected chi connectivity index (χ3v) is 3.17. The number of ether oxygens (including phenoxy) is 1. The molecule has 1 N–H and O–H groups in total. The summed E-state index contributed by atoms with van der Waals surface area (Å²) in [5.74, 6) is 0.213. The Balaban J connectivity index is 2.22. The second kappa shape index (κ2) is 7.78. The van der Waals surface area contributed by atoms with Crippen LogP contribution in [0.4, 0.5) is 8.78 Å². The third kappa shape index (κ3) is 4.56. The molecule has 1 aromatic heterocycles. The van der Waals surface area contributed by atoms with Crippen molar-refractivity contribution in [1.82, 2.24) is 5.32 Å². The number of alkyl halides is 2. The van der Waals surface area contributed by atoms with Crippen LogP contribution >= 0.6 is 0 Å².